The minimum absolute atomic E-state index is 0. The van der Waals surface area contributed by atoms with Gasteiger partial charge in [0.1, 0.15) is 0 Å². The van der Waals surface area contributed by atoms with Gasteiger partial charge in [-0.2, -0.15) is 0 Å². The van der Waals surface area contributed by atoms with Crippen LogP contribution in [-0.4, -0.2) is 64.3 Å². The van der Waals surface area contributed by atoms with Crippen LogP contribution in [0.3, 0.4) is 0 Å². The molecule has 1 aliphatic carbocycles. The van der Waals surface area contributed by atoms with Gasteiger partial charge in [0.05, 0.1) is 5.00 Å². The van der Waals surface area contributed by atoms with E-state index in [9.17, 15) is 0 Å². The molecule has 1 saturated carbocycles. The van der Waals surface area contributed by atoms with E-state index in [0.29, 0.717) is 5.41 Å². The molecule has 2 fully saturated rings. The third-order valence-electron chi connectivity index (χ3n) is 5.48. The molecule has 5 nitrogen and oxygen atoms in total. The largest absolute Gasteiger partial charge is 0.385 e. The van der Waals surface area contributed by atoms with Crippen molar-refractivity contribution in [3.63, 3.8) is 0 Å². The van der Waals surface area contributed by atoms with Crippen molar-refractivity contribution in [2.45, 2.75) is 25.7 Å². The smallest absolute Gasteiger partial charge is 0.193 e. The van der Waals surface area contributed by atoms with Gasteiger partial charge in [-0.1, -0.05) is 6.42 Å². The highest BCUT2D eigenvalue weighted by molar-refractivity contribution is 14.0. The molecule has 1 aromatic heterocycles. The number of aliphatic imine (C=N–C) groups is 1. The summed E-state index contributed by atoms with van der Waals surface area (Å²) in [7, 11) is 3.70. The number of rotatable bonds is 6. The zero-order valence-electron chi connectivity index (χ0n) is 15.4. The van der Waals surface area contributed by atoms with Crippen LogP contribution in [0.1, 0.15) is 25.7 Å². The van der Waals surface area contributed by atoms with Crippen LogP contribution in [0.4, 0.5) is 5.00 Å². The Morgan fingerprint density at radius 1 is 1.32 bits per heavy atom. The van der Waals surface area contributed by atoms with Crippen LogP contribution in [0.5, 0.6) is 0 Å². The molecule has 2 aliphatic rings. The van der Waals surface area contributed by atoms with Gasteiger partial charge in [0.25, 0.3) is 0 Å². The molecule has 3 rings (SSSR count). The monoisotopic (exact) mass is 478 g/mol. The van der Waals surface area contributed by atoms with Crippen LogP contribution in [0.25, 0.3) is 0 Å². The number of hydrogen-bond acceptors (Lipinski definition) is 4. The quantitative estimate of drug-likeness (QED) is 0.387. The van der Waals surface area contributed by atoms with Gasteiger partial charge in [-0.15, -0.1) is 35.3 Å². The van der Waals surface area contributed by atoms with Gasteiger partial charge in [-0.05, 0) is 42.2 Å². The third kappa shape index (κ3) is 5.23. The summed E-state index contributed by atoms with van der Waals surface area (Å²) in [5.74, 6) is 1.06. The summed E-state index contributed by atoms with van der Waals surface area (Å²) in [6.07, 6.45) is 5.13. The average molecular weight is 478 g/mol. The first-order valence-electron chi connectivity index (χ1n) is 8.99. The van der Waals surface area contributed by atoms with E-state index in [1.165, 1.54) is 24.3 Å². The van der Waals surface area contributed by atoms with Gasteiger partial charge in [-0.25, -0.2) is 0 Å². The molecule has 1 N–H and O–H groups in total. The number of nitrogens with zero attached hydrogens (tertiary/aromatic N) is 3. The lowest BCUT2D eigenvalue weighted by atomic mass is 9.67. The fourth-order valence-corrected chi connectivity index (χ4v) is 4.48. The summed E-state index contributed by atoms with van der Waals surface area (Å²) < 4.78 is 5.30. The van der Waals surface area contributed by atoms with Crippen molar-refractivity contribution < 1.29 is 4.74 Å². The van der Waals surface area contributed by atoms with Crippen LogP contribution in [0.15, 0.2) is 22.5 Å². The van der Waals surface area contributed by atoms with E-state index in [0.717, 1.165) is 51.7 Å². The highest BCUT2D eigenvalue weighted by Gasteiger charge is 2.36. The lowest BCUT2D eigenvalue weighted by Crippen LogP contribution is -2.54. The molecule has 25 heavy (non-hydrogen) atoms. The Balaban J connectivity index is 0.00000225. The molecule has 0 bridgehead atoms. The number of nitrogens with one attached hydrogen (secondary N) is 1. The number of anilines is 1. The zero-order valence-corrected chi connectivity index (χ0v) is 18.5. The fourth-order valence-electron chi connectivity index (χ4n) is 3.70. The van der Waals surface area contributed by atoms with Crippen molar-refractivity contribution in [1.29, 1.82) is 0 Å². The second-order valence-corrected chi connectivity index (χ2v) is 7.85. The number of ether oxygens (including phenoxy) is 1. The van der Waals surface area contributed by atoms with Gasteiger partial charge in [-0.3, -0.25) is 4.99 Å². The molecular formula is C18H31IN4OS. The lowest BCUT2D eigenvalue weighted by Gasteiger charge is -2.43. The zero-order chi connectivity index (χ0) is 16.8. The summed E-state index contributed by atoms with van der Waals surface area (Å²) >= 11 is 1.83. The van der Waals surface area contributed by atoms with Crippen molar-refractivity contribution in [3.8, 4) is 0 Å². The predicted octanol–water partition coefficient (Wildman–Crippen LogP) is 3.27. The molecule has 1 aromatic rings. The molecule has 1 aliphatic heterocycles. The second kappa shape index (κ2) is 9.97. The van der Waals surface area contributed by atoms with Crippen molar-refractivity contribution >= 4 is 46.3 Å². The summed E-state index contributed by atoms with van der Waals surface area (Å²) in [5.41, 5.74) is 0.421. The standard InChI is InChI=1S/C18H30N4OS.HI/c1-19-17(20-15-18(6-4-7-18)8-13-23-2)22-11-9-21(10-12-22)16-5-3-14-24-16;/h3,5,14H,4,6-13,15H2,1-2H3,(H,19,20);1H. The van der Waals surface area contributed by atoms with E-state index in [1.807, 2.05) is 18.4 Å². The third-order valence-corrected chi connectivity index (χ3v) is 6.41. The molecule has 1 saturated heterocycles. The van der Waals surface area contributed by atoms with Crippen LogP contribution < -0.4 is 10.2 Å². The van der Waals surface area contributed by atoms with Gasteiger partial charge < -0.3 is 19.9 Å². The van der Waals surface area contributed by atoms with E-state index in [2.05, 4.69) is 37.6 Å². The van der Waals surface area contributed by atoms with E-state index < -0.39 is 0 Å². The molecule has 7 heteroatoms. The summed E-state index contributed by atoms with van der Waals surface area (Å²) in [5, 5.41) is 7.18. The van der Waals surface area contributed by atoms with Crippen LogP contribution >= 0.6 is 35.3 Å². The van der Waals surface area contributed by atoms with Gasteiger partial charge in [0.2, 0.25) is 0 Å². The minimum Gasteiger partial charge on any atom is -0.385 e. The number of hydrogen-bond donors (Lipinski definition) is 1. The Bertz CT molecular complexity index is 525. The highest BCUT2D eigenvalue weighted by atomic mass is 127. The van der Waals surface area contributed by atoms with E-state index in [-0.39, 0.29) is 24.0 Å². The van der Waals surface area contributed by atoms with Crippen LogP contribution in [-0.2, 0) is 4.74 Å². The van der Waals surface area contributed by atoms with Crippen molar-refractivity contribution in [1.82, 2.24) is 10.2 Å². The minimum atomic E-state index is 0. The summed E-state index contributed by atoms with van der Waals surface area (Å²) in [6, 6.07) is 4.34. The Morgan fingerprint density at radius 2 is 2.08 bits per heavy atom. The van der Waals surface area contributed by atoms with Crippen molar-refractivity contribution in [2.24, 2.45) is 10.4 Å². The molecule has 142 valence electrons. The number of thiophene rings is 1. The first-order valence-corrected chi connectivity index (χ1v) is 9.87. The SMILES string of the molecule is CN=C(NCC1(CCOC)CCC1)N1CCN(c2cccs2)CC1.I. The van der Waals surface area contributed by atoms with Crippen LogP contribution in [0, 0.1) is 5.41 Å². The van der Waals surface area contributed by atoms with Gasteiger partial charge in [0, 0.05) is 53.5 Å². The summed E-state index contributed by atoms with van der Waals surface area (Å²) in [6.45, 7) is 6.07. The maximum atomic E-state index is 5.30. The molecule has 0 atom stereocenters. The molecule has 0 amide bonds. The maximum Gasteiger partial charge on any atom is 0.193 e. The van der Waals surface area contributed by atoms with Crippen LogP contribution in [0.2, 0.25) is 0 Å². The Kier molecular flexibility index (Phi) is 8.28. The first kappa shape index (κ1) is 20.8. The molecule has 0 aromatic carbocycles. The number of piperazine rings is 1. The molecule has 2 heterocycles. The molecule has 0 radical (unpaired) electrons. The highest BCUT2D eigenvalue weighted by Crippen LogP contribution is 2.43. The number of guanidine groups is 1. The van der Waals surface area contributed by atoms with E-state index >= 15 is 0 Å². The maximum absolute atomic E-state index is 5.30. The molecular weight excluding hydrogens is 447 g/mol. The Labute approximate surface area is 172 Å². The molecule has 0 spiro atoms. The lowest BCUT2D eigenvalue weighted by molar-refractivity contribution is 0.0726. The first-order chi connectivity index (χ1) is 11.8. The second-order valence-electron chi connectivity index (χ2n) is 6.92. The number of methoxy groups -OCH3 is 1. The van der Waals surface area contributed by atoms with Gasteiger partial charge in [0.15, 0.2) is 5.96 Å². The normalized spacial score (nSPS) is 20.0. The average Bonchev–Trinajstić information content (AvgIpc) is 3.12. The predicted molar refractivity (Wildman–Crippen MR) is 118 cm³/mol. The topological polar surface area (TPSA) is 40.1 Å². The van der Waals surface area contributed by atoms with Gasteiger partial charge >= 0.3 is 0 Å². The fraction of sp³-hybridized carbons (Fsp3) is 0.722. The number of halogens is 1. The Hall–Kier alpha value is -0.540. The summed E-state index contributed by atoms with van der Waals surface area (Å²) in [4.78, 5) is 9.39. The van der Waals surface area contributed by atoms with Crippen molar-refractivity contribution in [3.05, 3.63) is 17.5 Å². The molecule has 0 unspecified atom stereocenters. The van der Waals surface area contributed by atoms with E-state index in [4.69, 9.17) is 4.74 Å². The van der Waals surface area contributed by atoms with Crippen molar-refractivity contribution in [2.75, 3.05) is 58.4 Å². The van der Waals surface area contributed by atoms with E-state index in [1.54, 1.807) is 7.11 Å². The Morgan fingerprint density at radius 3 is 2.60 bits per heavy atom.